The number of urea groups is 1. The second-order valence-electron chi connectivity index (χ2n) is 9.25. The van der Waals surface area contributed by atoms with Gasteiger partial charge in [-0.2, -0.15) is 0 Å². The largest absolute Gasteiger partial charge is 0.369 e. The van der Waals surface area contributed by atoms with Crippen LogP contribution in [-0.4, -0.2) is 29.4 Å². The molecule has 6 heteroatoms. The molecule has 1 atom stereocenters. The van der Waals surface area contributed by atoms with E-state index < -0.39 is 6.03 Å². The fourth-order valence-corrected chi connectivity index (χ4v) is 4.66. The molecule has 3 amide bonds. The molecule has 0 bridgehead atoms. The van der Waals surface area contributed by atoms with Crippen LogP contribution >= 0.6 is 11.6 Å². The maximum atomic E-state index is 12.9. The van der Waals surface area contributed by atoms with Crippen molar-refractivity contribution in [1.29, 1.82) is 0 Å². The smallest absolute Gasteiger partial charge is 0.329 e. The van der Waals surface area contributed by atoms with E-state index in [0.717, 1.165) is 23.1 Å². The Labute approximate surface area is 188 Å². The molecule has 0 unspecified atom stereocenters. The Morgan fingerprint density at radius 3 is 2.55 bits per heavy atom. The molecule has 2 aromatic carbocycles. The lowest BCUT2D eigenvalue weighted by Crippen LogP contribution is -2.45. The van der Waals surface area contributed by atoms with E-state index in [4.69, 9.17) is 11.6 Å². The lowest BCUT2D eigenvalue weighted by atomic mass is 9.79. The van der Waals surface area contributed by atoms with Gasteiger partial charge in [0.1, 0.15) is 5.70 Å². The van der Waals surface area contributed by atoms with Crippen molar-refractivity contribution < 1.29 is 9.59 Å². The Hall–Kier alpha value is -2.79. The first-order valence-electron chi connectivity index (χ1n) is 10.5. The molecule has 2 aromatic rings. The lowest BCUT2D eigenvalue weighted by molar-refractivity contribution is -0.123. The van der Waals surface area contributed by atoms with Crippen LogP contribution in [0.25, 0.3) is 6.08 Å². The molecule has 31 heavy (non-hydrogen) atoms. The van der Waals surface area contributed by atoms with E-state index in [1.807, 2.05) is 19.1 Å². The number of nitrogens with one attached hydrogen (secondary N) is 1. The number of imide groups is 1. The standard InChI is InChI=1S/C25H28ClN3O2/c1-15-10-22-20(16(2)13-25(3,4)28(22)5)11-18(15)12-21-23(30)29(24(31)27-21)14-17-6-8-19(26)9-7-17/h6-12,16H,13-14H2,1-5H3,(H,27,31)/b21-12-/t16-/m0/s1. The Balaban J connectivity index is 1.63. The van der Waals surface area contributed by atoms with E-state index in [1.54, 1.807) is 18.2 Å². The molecule has 2 aliphatic heterocycles. The van der Waals surface area contributed by atoms with Crippen molar-refractivity contribution in [2.24, 2.45) is 0 Å². The number of nitrogens with zero attached hydrogens (tertiary/aromatic N) is 2. The van der Waals surface area contributed by atoms with Crippen molar-refractivity contribution in [3.8, 4) is 0 Å². The minimum absolute atomic E-state index is 0.0936. The minimum atomic E-state index is -0.406. The van der Waals surface area contributed by atoms with Crippen LogP contribution in [0.4, 0.5) is 10.5 Å². The van der Waals surface area contributed by atoms with E-state index >= 15 is 0 Å². The summed E-state index contributed by atoms with van der Waals surface area (Å²) in [5.41, 5.74) is 5.77. The van der Waals surface area contributed by atoms with Crippen molar-refractivity contribution in [1.82, 2.24) is 10.2 Å². The van der Waals surface area contributed by atoms with Gasteiger partial charge in [-0.3, -0.25) is 9.69 Å². The highest BCUT2D eigenvalue weighted by atomic mass is 35.5. The zero-order valence-corrected chi connectivity index (χ0v) is 19.4. The van der Waals surface area contributed by atoms with E-state index in [2.05, 4.69) is 50.2 Å². The third-order valence-electron chi connectivity index (χ3n) is 6.54. The van der Waals surface area contributed by atoms with E-state index in [9.17, 15) is 9.59 Å². The third kappa shape index (κ3) is 3.94. The fraction of sp³-hybridized carbons (Fsp3) is 0.360. The summed E-state index contributed by atoms with van der Waals surface area (Å²) in [5.74, 6) is 0.0950. The predicted octanol–water partition coefficient (Wildman–Crippen LogP) is 5.46. The Morgan fingerprint density at radius 2 is 1.87 bits per heavy atom. The quantitative estimate of drug-likeness (QED) is 0.512. The number of carbonyl (C=O) groups is 2. The molecule has 0 spiro atoms. The molecular formula is C25H28ClN3O2. The van der Waals surface area contributed by atoms with Gasteiger partial charge in [0.2, 0.25) is 0 Å². The van der Waals surface area contributed by atoms with Crippen LogP contribution in [-0.2, 0) is 11.3 Å². The molecule has 2 aliphatic rings. The summed E-state index contributed by atoms with van der Waals surface area (Å²) in [6.45, 7) is 9.02. The Morgan fingerprint density at radius 1 is 1.19 bits per heavy atom. The van der Waals surface area contributed by atoms with Crippen molar-refractivity contribution in [2.75, 3.05) is 11.9 Å². The van der Waals surface area contributed by atoms with Gasteiger partial charge < -0.3 is 10.2 Å². The van der Waals surface area contributed by atoms with Crippen LogP contribution in [0.1, 0.15) is 55.4 Å². The number of hydrogen-bond acceptors (Lipinski definition) is 3. The van der Waals surface area contributed by atoms with Gasteiger partial charge in [0, 0.05) is 23.3 Å². The van der Waals surface area contributed by atoms with E-state index in [0.29, 0.717) is 16.6 Å². The summed E-state index contributed by atoms with van der Waals surface area (Å²) in [7, 11) is 2.14. The molecule has 0 aliphatic carbocycles. The summed E-state index contributed by atoms with van der Waals surface area (Å²) >= 11 is 5.93. The maximum Gasteiger partial charge on any atom is 0.329 e. The first kappa shape index (κ1) is 21.4. The molecule has 1 N–H and O–H groups in total. The summed E-state index contributed by atoms with van der Waals surface area (Å²) in [5, 5.41) is 3.35. The number of amides is 3. The van der Waals surface area contributed by atoms with Gasteiger partial charge in [-0.15, -0.1) is 0 Å². The molecular weight excluding hydrogens is 410 g/mol. The van der Waals surface area contributed by atoms with Crippen LogP contribution in [0.2, 0.25) is 5.02 Å². The second kappa shape index (κ2) is 7.72. The normalized spacial score (nSPS) is 21.5. The van der Waals surface area contributed by atoms with Crippen molar-refractivity contribution in [3.05, 3.63) is 69.4 Å². The number of aryl methyl sites for hydroxylation is 1. The SMILES string of the molecule is Cc1cc2c(cc1/C=C1\NC(=O)N(Cc3ccc(Cl)cc3)C1=O)[C@@H](C)CC(C)(C)N2C. The topological polar surface area (TPSA) is 52.7 Å². The van der Waals surface area contributed by atoms with Crippen molar-refractivity contribution >= 4 is 35.3 Å². The Bertz CT molecular complexity index is 1090. The summed E-state index contributed by atoms with van der Waals surface area (Å²) in [6, 6.07) is 11.1. The number of fused-ring (bicyclic) bond motifs is 1. The highest BCUT2D eigenvalue weighted by molar-refractivity contribution is 6.30. The maximum absolute atomic E-state index is 12.9. The predicted molar refractivity (Wildman–Crippen MR) is 125 cm³/mol. The van der Waals surface area contributed by atoms with Gasteiger partial charge >= 0.3 is 6.03 Å². The van der Waals surface area contributed by atoms with Gasteiger partial charge in [-0.1, -0.05) is 30.7 Å². The molecule has 5 nitrogen and oxygen atoms in total. The minimum Gasteiger partial charge on any atom is -0.369 e. The van der Waals surface area contributed by atoms with Gasteiger partial charge in [-0.05, 0) is 85.7 Å². The summed E-state index contributed by atoms with van der Waals surface area (Å²) in [4.78, 5) is 29.0. The van der Waals surface area contributed by atoms with Crippen LogP contribution in [0.3, 0.4) is 0 Å². The van der Waals surface area contributed by atoms with Gasteiger partial charge in [0.25, 0.3) is 5.91 Å². The molecule has 1 fully saturated rings. The van der Waals surface area contributed by atoms with Gasteiger partial charge in [0.15, 0.2) is 0 Å². The molecule has 0 radical (unpaired) electrons. The van der Waals surface area contributed by atoms with Crippen LogP contribution in [0.15, 0.2) is 42.1 Å². The molecule has 162 valence electrons. The fourth-order valence-electron chi connectivity index (χ4n) is 4.53. The molecule has 0 saturated carbocycles. The van der Waals surface area contributed by atoms with Gasteiger partial charge in [0.05, 0.1) is 6.54 Å². The average molecular weight is 438 g/mol. The Kier molecular flexibility index (Phi) is 5.34. The number of carbonyl (C=O) groups excluding carboxylic acids is 2. The van der Waals surface area contributed by atoms with Crippen LogP contribution < -0.4 is 10.2 Å². The summed E-state index contributed by atoms with van der Waals surface area (Å²) in [6.07, 6.45) is 2.85. The number of rotatable bonds is 3. The van der Waals surface area contributed by atoms with Crippen molar-refractivity contribution in [2.45, 2.75) is 52.1 Å². The third-order valence-corrected chi connectivity index (χ3v) is 6.79. The van der Waals surface area contributed by atoms with Gasteiger partial charge in [-0.25, -0.2) is 4.79 Å². The number of hydrogen-bond donors (Lipinski definition) is 1. The highest BCUT2D eigenvalue weighted by Crippen LogP contribution is 2.43. The lowest BCUT2D eigenvalue weighted by Gasteiger charge is -2.45. The zero-order valence-electron chi connectivity index (χ0n) is 18.6. The van der Waals surface area contributed by atoms with Crippen LogP contribution in [0.5, 0.6) is 0 Å². The van der Waals surface area contributed by atoms with E-state index in [-0.39, 0.29) is 18.0 Å². The monoisotopic (exact) mass is 437 g/mol. The first-order chi connectivity index (χ1) is 14.6. The number of benzene rings is 2. The van der Waals surface area contributed by atoms with E-state index in [1.165, 1.54) is 16.2 Å². The number of anilines is 1. The molecule has 4 rings (SSSR count). The van der Waals surface area contributed by atoms with Crippen LogP contribution in [0, 0.1) is 6.92 Å². The zero-order chi connectivity index (χ0) is 22.5. The summed E-state index contributed by atoms with van der Waals surface area (Å²) < 4.78 is 0. The molecule has 0 aromatic heterocycles. The number of halogens is 1. The molecule has 2 heterocycles. The molecule has 1 saturated heterocycles. The first-order valence-corrected chi connectivity index (χ1v) is 10.9. The highest BCUT2D eigenvalue weighted by Gasteiger charge is 2.36. The average Bonchev–Trinajstić information content (AvgIpc) is 2.96. The second-order valence-corrected chi connectivity index (χ2v) is 9.69. The van der Waals surface area contributed by atoms with Crippen molar-refractivity contribution in [3.63, 3.8) is 0 Å².